The molecule has 0 radical (unpaired) electrons. The lowest BCUT2D eigenvalue weighted by molar-refractivity contribution is 0.602. The predicted molar refractivity (Wildman–Crippen MR) is 105 cm³/mol. The fourth-order valence-corrected chi connectivity index (χ4v) is 3.52. The van der Waals surface area contributed by atoms with Crippen molar-refractivity contribution in [1.82, 2.24) is 34.8 Å². The summed E-state index contributed by atoms with van der Waals surface area (Å²) in [4.78, 5) is 16.1. The second kappa shape index (κ2) is 7.38. The minimum Gasteiger partial charge on any atom is -0.353 e. The van der Waals surface area contributed by atoms with Gasteiger partial charge in [-0.25, -0.2) is 14.4 Å². The number of fused-ring (bicyclic) bond motifs is 1. The summed E-state index contributed by atoms with van der Waals surface area (Å²) in [7, 11) is 0. The SMILES string of the molecule is Fc1cncnc1N1CCCN(c2ccc3nnc(-c4cccnc4)n3n2)CC1. The van der Waals surface area contributed by atoms with E-state index in [1.165, 1.54) is 12.5 Å². The second-order valence-corrected chi connectivity index (χ2v) is 6.75. The minimum absolute atomic E-state index is 0.350. The van der Waals surface area contributed by atoms with E-state index in [1.54, 1.807) is 16.9 Å². The van der Waals surface area contributed by atoms with Gasteiger partial charge in [0.1, 0.15) is 12.1 Å². The van der Waals surface area contributed by atoms with Crippen molar-refractivity contribution < 1.29 is 4.39 Å². The van der Waals surface area contributed by atoms with E-state index in [4.69, 9.17) is 5.10 Å². The number of halogens is 1. The van der Waals surface area contributed by atoms with Crippen LogP contribution in [0.3, 0.4) is 0 Å². The van der Waals surface area contributed by atoms with Gasteiger partial charge in [-0.15, -0.1) is 15.3 Å². The van der Waals surface area contributed by atoms with Gasteiger partial charge >= 0.3 is 0 Å². The molecule has 1 aliphatic heterocycles. The van der Waals surface area contributed by atoms with Gasteiger partial charge in [0.2, 0.25) is 0 Å². The maximum Gasteiger partial charge on any atom is 0.187 e. The van der Waals surface area contributed by atoms with E-state index in [9.17, 15) is 4.39 Å². The third-order valence-electron chi connectivity index (χ3n) is 4.94. The largest absolute Gasteiger partial charge is 0.353 e. The van der Waals surface area contributed by atoms with Gasteiger partial charge in [-0.05, 0) is 30.7 Å². The van der Waals surface area contributed by atoms with E-state index < -0.39 is 5.82 Å². The molecule has 9 nitrogen and oxygen atoms in total. The standard InChI is InChI=1S/C19H18FN9/c20-15-12-22-13-23-19(15)28-8-2-7-27(9-10-28)17-5-4-16-24-25-18(29(16)26-17)14-3-1-6-21-11-14/h1,3-6,11-13H,2,7-10H2. The number of hydrogen-bond acceptors (Lipinski definition) is 8. The molecule has 1 fully saturated rings. The van der Waals surface area contributed by atoms with Gasteiger partial charge in [0.05, 0.1) is 6.20 Å². The Kier molecular flexibility index (Phi) is 4.43. The summed E-state index contributed by atoms with van der Waals surface area (Å²) in [6, 6.07) is 7.63. The summed E-state index contributed by atoms with van der Waals surface area (Å²) in [6.45, 7) is 2.88. The van der Waals surface area contributed by atoms with Crippen molar-refractivity contribution in [3.05, 3.63) is 55.0 Å². The van der Waals surface area contributed by atoms with E-state index in [0.29, 0.717) is 30.4 Å². The highest BCUT2D eigenvalue weighted by atomic mass is 19.1. The van der Waals surface area contributed by atoms with Crippen LogP contribution < -0.4 is 9.80 Å². The van der Waals surface area contributed by atoms with Gasteiger partial charge in [-0.2, -0.15) is 4.52 Å². The first-order chi connectivity index (χ1) is 14.3. The lowest BCUT2D eigenvalue weighted by Crippen LogP contribution is -2.32. The Labute approximate surface area is 165 Å². The molecule has 1 saturated heterocycles. The van der Waals surface area contributed by atoms with E-state index in [1.807, 2.05) is 29.2 Å². The molecule has 1 aliphatic rings. The predicted octanol–water partition coefficient (Wildman–Crippen LogP) is 1.83. The third-order valence-corrected chi connectivity index (χ3v) is 4.94. The molecule has 5 heterocycles. The summed E-state index contributed by atoms with van der Waals surface area (Å²) < 4.78 is 15.8. The van der Waals surface area contributed by atoms with Crippen molar-refractivity contribution in [1.29, 1.82) is 0 Å². The Hall–Kier alpha value is -3.69. The van der Waals surface area contributed by atoms with Gasteiger partial charge in [0.25, 0.3) is 0 Å². The smallest absolute Gasteiger partial charge is 0.187 e. The molecule has 5 rings (SSSR count). The first-order valence-electron chi connectivity index (χ1n) is 9.38. The lowest BCUT2D eigenvalue weighted by Gasteiger charge is -2.23. The molecule has 0 atom stereocenters. The van der Waals surface area contributed by atoms with E-state index in [2.05, 4.69) is 30.0 Å². The van der Waals surface area contributed by atoms with Crippen LogP contribution in [0.1, 0.15) is 6.42 Å². The first kappa shape index (κ1) is 17.4. The number of aromatic nitrogens is 7. The van der Waals surface area contributed by atoms with Crippen molar-refractivity contribution >= 4 is 17.3 Å². The fraction of sp³-hybridized carbons (Fsp3) is 0.263. The molecule has 0 N–H and O–H groups in total. The van der Waals surface area contributed by atoms with E-state index in [-0.39, 0.29) is 0 Å². The maximum absolute atomic E-state index is 14.1. The number of pyridine rings is 1. The zero-order chi connectivity index (χ0) is 19.6. The Morgan fingerprint density at radius 2 is 1.79 bits per heavy atom. The van der Waals surface area contributed by atoms with Crippen molar-refractivity contribution in [3.8, 4) is 11.4 Å². The molecular weight excluding hydrogens is 373 g/mol. The first-order valence-corrected chi connectivity index (χ1v) is 9.38. The lowest BCUT2D eigenvalue weighted by atomic mass is 10.3. The fourth-order valence-electron chi connectivity index (χ4n) is 3.52. The molecule has 4 aromatic rings. The molecule has 0 saturated carbocycles. The van der Waals surface area contributed by atoms with Gasteiger partial charge in [-0.3, -0.25) is 4.98 Å². The van der Waals surface area contributed by atoms with Crippen LogP contribution in [0.25, 0.3) is 17.0 Å². The molecule has 0 bridgehead atoms. The third kappa shape index (κ3) is 3.33. The molecule has 0 amide bonds. The monoisotopic (exact) mass is 391 g/mol. The van der Waals surface area contributed by atoms with Gasteiger partial charge in [-0.1, -0.05) is 0 Å². The zero-order valence-corrected chi connectivity index (χ0v) is 15.6. The number of anilines is 2. The van der Waals surface area contributed by atoms with E-state index >= 15 is 0 Å². The van der Waals surface area contributed by atoms with Crippen LogP contribution in [0.2, 0.25) is 0 Å². The average molecular weight is 391 g/mol. The van der Waals surface area contributed by atoms with Crippen molar-refractivity contribution in [2.45, 2.75) is 6.42 Å². The van der Waals surface area contributed by atoms with Crippen molar-refractivity contribution in [3.63, 3.8) is 0 Å². The van der Waals surface area contributed by atoms with Gasteiger partial charge in [0, 0.05) is 44.1 Å². The summed E-state index contributed by atoms with van der Waals surface area (Å²) in [5, 5.41) is 13.2. The molecule has 0 unspecified atom stereocenters. The zero-order valence-electron chi connectivity index (χ0n) is 15.6. The van der Waals surface area contributed by atoms with E-state index in [0.717, 1.165) is 30.9 Å². The highest BCUT2D eigenvalue weighted by Crippen LogP contribution is 2.21. The summed E-state index contributed by atoms with van der Waals surface area (Å²) >= 11 is 0. The maximum atomic E-state index is 14.1. The molecule has 0 aliphatic carbocycles. The van der Waals surface area contributed by atoms with Crippen LogP contribution in [0.15, 0.2) is 49.2 Å². The van der Waals surface area contributed by atoms with Crippen LogP contribution in [-0.2, 0) is 0 Å². The normalized spacial score (nSPS) is 14.9. The molecule has 29 heavy (non-hydrogen) atoms. The van der Waals surface area contributed by atoms with Crippen LogP contribution in [0.5, 0.6) is 0 Å². The molecular formula is C19H18FN9. The number of hydrogen-bond donors (Lipinski definition) is 0. The summed E-state index contributed by atoms with van der Waals surface area (Å²) in [6.07, 6.45) is 6.90. The van der Waals surface area contributed by atoms with Gasteiger partial charge in [0.15, 0.2) is 23.1 Å². The Morgan fingerprint density at radius 3 is 2.66 bits per heavy atom. The van der Waals surface area contributed by atoms with Crippen LogP contribution in [0, 0.1) is 5.82 Å². The second-order valence-electron chi connectivity index (χ2n) is 6.75. The average Bonchev–Trinajstić information content (AvgIpc) is 3.03. The number of rotatable bonds is 3. The molecule has 0 spiro atoms. The van der Waals surface area contributed by atoms with Crippen LogP contribution in [-0.4, -0.2) is 60.9 Å². The Balaban J connectivity index is 1.42. The Bertz CT molecular complexity index is 1130. The topological polar surface area (TPSA) is 88.2 Å². The summed E-state index contributed by atoms with van der Waals surface area (Å²) in [5.41, 5.74) is 1.53. The molecule has 146 valence electrons. The minimum atomic E-state index is -0.397. The van der Waals surface area contributed by atoms with Gasteiger partial charge < -0.3 is 9.80 Å². The van der Waals surface area contributed by atoms with Crippen molar-refractivity contribution in [2.75, 3.05) is 36.0 Å². The summed E-state index contributed by atoms with van der Waals surface area (Å²) in [5.74, 6) is 1.43. The Morgan fingerprint density at radius 1 is 0.897 bits per heavy atom. The van der Waals surface area contributed by atoms with Crippen LogP contribution >= 0.6 is 0 Å². The molecule has 10 heteroatoms. The molecule has 4 aromatic heterocycles. The van der Waals surface area contributed by atoms with Crippen LogP contribution in [0.4, 0.5) is 16.0 Å². The highest BCUT2D eigenvalue weighted by Gasteiger charge is 2.20. The highest BCUT2D eigenvalue weighted by molar-refractivity contribution is 5.58. The quantitative estimate of drug-likeness (QED) is 0.523. The number of nitrogens with zero attached hydrogens (tertiary/aromatic N) is 9. The molecule has 0 aromatic carbocycles. The van der Waals surface area contributed by atoms with Crippen molar-refractivity contribution in [2.24, 2.45) is 0 Å².